The number of carbonyl (C=O) groups is 2. The molecule has 1 aliphatic rings. The summed E-state index contributed by atoms with van der Waals surface area (Å²) < 4.78 is 15.8. The zero-order valence-corrected chi connectivity index (χ0v) is 15.3. The average molecular weight is 381 g/mol. The summed E-state index contributed by atoms with van der Waals surface area (Å²) in [5.41, 5.74) is 0.628. The van der Waals surface area contributed by atoms with Gasteiger partial charge in [-0.2, -0.15) is 0 Å². The Kier molecular flexibility index (Phi) is 4.92. The monoisotopic (exact) mass is 381 g/mol. The minimum absolute atomic E-state index is 0.0797. The highest BCUT2D eigenvalue weighted by Crippen LogP contribution is 2.30. The van der Waals surface area contributed by atoms with Gasteiger partial charge in [0.05, 0.1) is 24.5 Å². The Morgan fingerprint density at radius 3 is 2.50 bits per heavy atom. The minimum Gasteiger partial charge on any atom is -0.465 e. The first-order valence-corrected chi connectivity index (χ1v) is 9.01. The second kappa shape index (κ2) is 7.67. The van der Waals surface area contributed by atoms with Crippen LogP contribution in [-0.2, 0) is 4.74 Å². The van der Waals surface area contributed by atoms with Crippen molar-refractivity contribution >= 4 is 11.9 Å². The molecule has 1 saturated heterocycles. The summed E-state index contributed by atoms with van der Waals surface area (Å²) in [7, 11) is 1.30. The molecule has 2 aromatic heterocycles. The van der Waals surface area contributed by atoms with Crippen molar-refractivity contribution in [3.8, 4) is 11.7 Å². The number of methoxy groups -OCH3 is 1. The molecule has 1 amide bonds. The fourth-order valence-corrected chi connectivity index (χ4v) is 3.36. The van der Waals surface area contributed by atoms with Gasteiger partial charge in [-0.15, -0.1) is 10.2 Å². The standard InChI is InChI=1S/C20H19N3O5/c1-26-20(25)15-6-3-2-5-14(15)19(24)23-10-8-13(9-11-23)17-21-22-18(28-17)16-7-4-12-27-16/h2-7,12-13H,8-11H2,1H3. The van der Waals surface area contributed by atoms with E-state index in [1.54, 1.807) is 47.6 Å². The van der Waals surface area contributed by atoms with Gasteiger partial charge < -0.3 is 18.5 Å². The number of piperidine rings is 1. The fraction of sp³-hybridized carbons (Fsp3) is 0.300. The van der Waals surface area contributed by atoms with Crippen molar-refractivity contribution in [1.29, 1.82) is 0 Å². The highest BCUT2D eigenvalue weighted by molar-refractivity contribution is 6.05. The molecular formula is C20H19N3O5. The van der Waals surface area contributed by atoms with Gasteiger partial charge >= 0.3 is 5.97 Å². The number of ether oxygens (including phenoxy) is 1. The van der Waals surface area contributed by atoms with Crippen LogP contribution in [0.5, 0.6) is 0 Å². The van der Waals surface area contributed by atoms with Crippen LogP contribution in [0.2, 0.25) is 0 Å². The topological polar surface area (TPSA) is 98.7 Å². The Hall–Kier alpha value is -3.42. The smallest absolute Gasteiger partial charge is 0.338 e. The van der Waals surface area contributed by atoms with Crippen LogP contribution in [0.15, 0.2) is 51.5 Å². The average Bonchev–Trinajstić information content (AvgIpc) is 3.44. The number of amides is 1. The number of hydrogen-bond donors (Lipinski definition) is 0. The first-order valence-electron chi connectivity index (χ1n) is 9.01. The Morgan fingerprint density at radius 1 is 1.07 bits per heavy atom. The molecule has 28 heavy (non-hydrogen) atoms. The molecule has 0 unspecified atom stereocenters. The second-order valence-electron chi connectivity index (χ2n) is 6.53. The van der Waals surface area contributed by atoms with Crippen LogP contribution < -0.4 is 0 Å². The number of likely N-dealkylation sites (tertiary alicyclic amines) is 1. The minimum atomic E-state index is -0.518. The van der Waals surface area contributed by atoms with Crippen molar-refractivity contribution in [1.82, 2.24) is 15.1 Å². The van der Waals surface area contributed by atoms with Gasteiger partial charge in [0.25, 0.3) is 11.8 Å². The number of nitrogens with zero attached hydrogens (tertiary/aromatic N) is 3. The van der Waals surface area contributed by atoms with Crippen LogP contribution in [0.25, 0.3) is 11.7 Å². The molecule has 0 spiro atoms. The molecule has 0 radical (unpaired) electrons. The normalized spacial score (nSPS) is 14.8. The van der Waals surface area contributed by atoms with Crippen LogP contribution in [0, 0.1) is 0 Å². The first-order chi connectivity index (χ1) is 13.7. The molecular weight excluding hydrogens is 362 g/mol. The maximum Gasteiger partial charge on any atom is 0.338 e. The number of carbonyl (C=O) groups excluding carboxylic acids is 2. The van der Waals surface area contributed by atoms with Crippen molar-refractivity contribution < 1.29 is 23.2 Å². The molecule has 1 fully saturated rings. The maximum atomic E-state index is 12.9. The summed E-state index contributed by atoms with van der Waals surface area (Å²) in [6, 6.07) is 10.2. The molecule has 8 nitrogen and oxygen atoms in total. The number of rotatable bonds is 4. The lowest BCUT2D eigenvalue weighted by atomic mass is 9.95. The zero-order valence-electron chi connectivity index (χ0n) is 15.3. The Labute approximate surface area is 161 Å². The van der Waals surface area contributed by atoms with Crippen LogP contribution in [-0.4, -0.2) is 47.2 Å². The van der Waals surface area contributed by atoms with E-state index in [9.17, 15) is 9.59 Å². The van der Waals surface area contributed by atoms with Gasteiger partial charge in [0.1, 0.15) is 0 Å². The summed E-state index contributed by atoms with van der Waals surface area (Å²) in [6.45, 7) is 1.08. The third-order valence-corrected chi connectivity index (χ3v) is 4.87. The molecule has 0 atom stereocenters. The van der Waals surface area contributed by atoms with Gasteiger partial charge in [-0.05, 0) is 37.1 Å². The SMILES string of the molecule is COC(=O)c1ccccc1C(=O)N1CCC(c2nnc(-c3ccco3)o2)CC1. The van der Waals surface area contributed by atoms with Gasteiger partial charge in [-0.3, -0.25) is 4.79 Å². The number of aromatic nitrogens is 2. The predicted molar refractivity (Wildman–Crippen MR) is 97.7 cm³/mol. The van der Waals surface area contributed by atoms with E-state index in [0.29, 0.717) is 49.0 Å². The third-order valence-electron chi connectivity index (χ3n) is 4.87. The molecule has 144 valence electrons. The number of benzene rings is 1. The van der Waals surface area contributed by atoms with Gasteiger partial charge in [0, 0.05) is 19.0 Å². The van der Waals surface area contributed by atoms with E-state index in [1.165, 1.54) is 7.11 Å². The van der Waals surface area contributed by atoms with Crippen molar-refractivity contribution in [2.75, 3.05) is 20.2 Å². The molecule has 1 aromatic carbocycles. The molecule has 1 aliphatic heterocycles. The van der Waals surface area contributed by atoms with Crippen molar-refractivity contribution in [2.45, 2.75) is 18.8 Å². The van der Waals surface area contributed by atoms with Crippen molar-refractivity contribution in [3.05, 3.63) is 59.7 Å². The second-order valence-corrected chi connectivity index (χ2v) is 6.53. The Bertz CT molecular complexity index is 971. The molecule has 0 N–H and O–H groups in total. The van der Waals surface area contributed by atoms with Gasteiger partial charge in [-0.1, -0.05) is 12.1 Å². The Morgan fingerprint density at radius 2 is 1.82 bits per heavy atom. The largest absolute Gasteiger partial charge is 0.465 e. The maximum absolute atomic E-state index is 12.9. The lowest BCUT2D eigenvalue weighted by Crippen LogP contribution is -2.38. The molecule has 0 aliphatic carbocycles. The quantitative estimate of drug-likeness (QED) is 0.640. The third kappa shape index (κ3) is 3.40. The van der Waals surface area contributed by atoms with Crippen LogP contribution in [0.1, 0.15) is 45.4 Å². The van der Waals surface area contributed by atoms with E-state index in [1.807, 2.05) is 0 Å². The molecule has 3 aromatic rings. The summed E-state index contributed by atoms with van der Waals surface area (Å²) in [4.78, 5) is 26.6. The predicted octanol–water partition coefficient (Wildman–Crippen LogP) is 3.14. The van der Waals surface area contributed by atoms with Gasteiger partial charge in [0.15, 0.2) is 5.76 Å². The van der Waals surface area contributed by atoms with Crippen LogP contribution in [0.4, 0.5) is 0 Å². The molecule has 0 bridgehead atoms. The highest BCUT2D eigenvalue weighted by Gasteiger charge is 2.29. The van der Waals surface area contributed by atoms with E-state index in [-0.39, 0.29) is 17.4 Å². The molecule has 8 heteroatoms. The fourth-order valence-electron chi connectivity index (χ4n) is 3.36. The van der Waals surface area contributed by atoms with E-state index >= 15 is 0 Å². The zero-order chi connectivity index (χ0) is 19.5. The Balaban J connectivity index is 1.43. The van der Waals surface area contributed by atoms with E-state index in [4.69, 9.17) is 13.6 Å². The van der Waals surface area contributed by atoms with Crippen molar-refractivity contribution in [2.24, 2.45) is 0 Å². The van der Waals surface area contributed by atoms with E-state index in [0.717, 1.165) is 0 Å². The number of esters is 1. The lowest BCUT2D eigenvalue weighted by Gasteiger charge is -2.30. The van der Waals surface area contributed by atoms with Crippen LogP contribution >= 0.6 is 0 Å². The summed E-state index contributed by atoms with van der Waals surface area (Å²) >= 11 is 0. The lowest BCUT2D eigenvalue weighted by molar-refractivity contribution is 0.0586. The first kappa shape index (κ1) is 18.0. The summed E-state index contributed by atoms with van der Waals surface area (Å²) in [6.07, 6.45) is 2.95. The van der Waals surface area contributed by atoms with E-state index < -0.39 is 5.97 Å². The number of hydrogen-bond acceptors (Lipinski definition) is 7. The molecule has 4 rings (SSSR count). The highest BCUT2D eigenvalue weighted by atomic mass is 16.5. The number of furan rings is 1. The van der Waals surface area contributed by atoms with E-state index in [2.05, 4.69) is 10.2 Å². The van der Waals surface area contributed by atoms with Crippen molar-refractivity contribution in [3.63, 3.8) is 0 Å². The summed E-state index contributed by atoms with van der Waals surface area (Å²) in [5, 5.41) is 8.16. The van der Waals surface area contributed by atoms with Gasteiger partial charge in [0.2, 0.25) is 5.89 Å². The summed E-state index contributed by atoms with van der Waals surface area (Å²) in [5.74, 6) is 0.817. The molecule has 0 saturated carbocycles. The molecule has 3 heterocycles. The van der Waals surface area contributed by atoms with Crippen LogP contribution in [0.3, 0.4) is 0 Å². The van der Waals surface area contributed by atoms with Gasteiger partial charge in [-0.25, -0.2) is 4.79 Å².